The number of rotatable bonds is 4. The first-order valence-corrected chi connectivity index (χ1v) is 5.80. The maximum absolute atomic E-state index is 11.8. The van der Waals surface area contributed by atoms with E-state index in [0.29, 0.717) is 24.4 Å². The summed E-state index contributed by atoms with van der Waals surface area (Å²) in [6.45, 7) is 4.07. The van der Waals surface area contributed by atoms with E-state index in [0.717, 1.165) is 5.69 Å². The van der Waals surface area contributed by atoms with Gasteiger partial charge in [-0.25, -0.2) is 9.48 Å². The van der Waals surface area contributed by atoms with Crippen molar-refractivity contribution >= 4 is 5.97 Å². The number of nitrogens with zero attached hydrogens (tertiary/aromatic N) is 4. The van der Waals surface area contributed by atoms with Crippen molar-refractivity contribution in [2.75, 3.05) is 6.61 Å². The highest BCUT2D eigenvalue weighted by Crippen LogP contribution is 2.14. The minimum atomic E-state index is -0.357. The van der Waals surface area contributed by atoms with Gasteiger partial charge in [-0.2, -0.15) is 10.2 Å². The molecule has 0 aliphatic heterocycles. The SMILES string of the molecule is CCOC(=O)c1cnn(-c2cccnn2)c1CC. The van der Waals surface area contributed by atoms with Crippen LogP contribution in [0, 0.1) is 0 Å². The zero-order chi connectivity index (χ0) is 13.0. The third kappa shape index (κ3) is 2.22. The lowest BCUT2D eigenvalue weighted by molar-refractivity contribution is 0.0525. The minimum absolute atomic E-state index is 0.346. The molecule has 0 unspecified atom stereocenters. The second kappa shape index (κ2) is 5.39. The van der Waals surface area contributed by atoms with E-state index in [4.69, 9.17) is 4.74 Å². The smallest absolute Gasteiger partial charge is 0.341 e. The summed E-state index contributed by atoms with van der Waals surface area (Å²) < 4.78 is 6.60. The normalized spacial score (nSPS) is 10.3. The molecule has 0 spiro atoms. The van der Waals surface area contributed by atoms with Crippen LogP contribution in [0.25, 0.3) is 5.82 Å². The van der Waals surface area contributed by atoms with E-state index in [2.05, 4.69) is 15.3 Å². The lowest BCUT2D eigenvalue weighted by Gasteiger charge is -2.05. The largest absolute Gasteiger partial charge is 0.462 e. The first-order chi connectivity index (χ1) is 8.77. The molecule has 0 atom stereocenters. The Hall–Kier alpha value is -2.24. The Morgan fingerprint density at radius 2 is 2.28 bits per heavy atom. The monoisotopic (exact) mass is 246 g/mol. The quantitative estimate of drug-likeness (QED) is 0.763. The maximum atomic E-state index is 11.8. The molecule has 0 aromatic carbocycles. The highest BCUT2D eigenvalue weighted by molar-refractivity contribution is 5.90. The Balaban J connectivity index is 2.42. The Bertz CT molecular complexity index is 536. The summed E-state index contributed by atoms with van der Waals surface area (Å²) in [5.41, 5.74) is 1.25. The zero-order valence-corrected chi connectivity index (χ0v) is 10.3. The van der Waals surface area contributed by atoms with Crippen LogP contribution in [-0.4, -0.2) is 32.6 Å². The maximum Gasteiger partial charge on any atom is 0.341 e. The number of carbonyl (C=O) groups is 1. The van der Waals surface area contributed by atoms with Crippen molar-refractivity contribution in [1.29, 1.82) is 0 Å². The lowest BCUT2D eigenvalue weighted by atomic mass is 10.2. The molecule has 0 saturated heterocycles. The van der Waals surface area contributed by atoms with Gasteiger partial charge in [0, 0.05) is 6.20 Å². The molecule has 6 nitrogen and oxygen atoms in total. The van der Waals surface area contributed by atoms with Gasteiger partial charge < -0.3 is 4.74 Å². The Morgan fingerprint density at radius 1 is 1.44 bits per heavy atom. The number of aromatic nitrogens is 4. The average molecular weight is 246 g/mol. The van der Waals surface area contributed by atoms with Gasteiger partial charge in [-0.15, -0.1) is 5.10 Å². The molecular weight excluding hydrogens is 232 g/mol. The van der Waals surface area contributed by atoms with Crippen molar-refractivity contribution in [1.82, 2.24) is 20.0 Å². The molecule has 18 heavy (non-hydrogen) atoms. The molecule has 2 aromatic heterocycles. The van der Waals surface area contributed by atoms with Crippen LogP contribution in [0.1, 0.15) is 29.9 Å². The number of ether oxygens (including phenoxy) is 1. The van der Waals surface area contributed by atoms with Crippen LogP contribution < -0.4 is 0 Å². The van der Waals surface area contributed by atoms with Gasteiger partial charge in [0.2, 0.25) is 0 Å². The van der Waals surface area contributed by atoms with Crippen molar-refractivity contribution in [2.45, 2.75) is 20.3 Å². The molecular formula is C12H14N4O2. The fraction of sp³-hybridized carbons (Fsp3) is 0.333. The van der Waals surface area contributed by atoms with Gasteiger partial charge >= 0.3 is 5.97 Å². The number of esters is 1. The number of carbonyl (C=O) groups excluding carboxylic acids is 1. The van der Waals surface area contributed by atoms with Gasteiger partial charge in [0.1, 0.15) is 5.56 Å². The molecule has 2 heterocycles. The van der Waals surface area contributed by atoms with Crippen LogP contribution in [-0.2, 0) is 11.2 Å². The highest BCUT2D eigenvalue weighted by atomic mass is 16.5. The fourth-order valence-corrected chi connectivity index (χ4v) is 1.70. The molecule has 6 heteroatoms. The average Bonchev–Trinajstić information content (AvgIpc) is 2.83. The molecule has 0 amide bonds. The van der Waals surface area contributed by atoms with E-state index in [9.17, 15) is 4.79 Å². The summed E-state index contributed by atoms with van der Waals surface area (Å²) in [6.07, 6.45) is 3.75. The van der Waals surface area contributed by atoms with Gasteiger partial charge in [0.15, 0.2) is 5.82 Å². The topological polar surface area (TPSA) is 69.9 Å². The first-order valence-electron chi connectivity index (χ1n) is 5.80. The van der Waals surface area contributed by atoms with Gasteiger partial charge in [-0.1, -0.05) is 6.92 Å². The van der Waals surface area contributed by atoms with Gasteiger partial charge in [-0.05, 0) is 25.5 Å². The predicted molar refractivity (Wildman–Crippen MR) is 64.5 cm³/mol. The van der Waals surface area contributed by atoms with Crippen molar-refractivity contribution in [2.24, 2.45) is 0 Å². The summed E-state index contributed by atoms with van der Waals surface area (Å²) >= 11 is 0. The van der Waals surface area contributed by atoms with Gasteiger partial charge in [0.05, 0.1) is 18.5 Å². The third-order valence-corrected chi connectivity index (χ3v) is 2.47. The molecule has 0 aliphatic carbocycles. The highest BCUT2D eigenvalue weighted by Gasteiger charge is 2.18. The fourth-order valence-electron chi connectivity index (χ4n) is 1.70. The van der Waals surface area contributed by atoms with Crippen LogP contribution >= 0.6 is 0 Å². The van der Waals surface area contributed by atoms with Gasteiger partial charge in [-0.3, -0.25) is 0 Å². The molecule has 0 saturated carbocycles. The van der Waals surface area contributed by atoms with E-state index in [1.165, 1.54) is 6.20 Å². The Labute approximate surface area is 105 Å². The molecule has 0 bridgehead atoms. The standard InChI is InChI=1S/C12H14N4O2/c1-3-10-9(12(17)18-4-2)8-14-16(10)11-6-5-7-13-15-11/h5-8H,3-4H2,1-2H3. The van der Waals surface area contributed by atoms with Crippen LogP contribution in [0.3, 0.4) is 0 Å². The van der Waals surface area contributed by atoms with E-state index >= 15 is 0 Å². The molecule has 2 rings (SSSR count). The molecule has 2 aromatic rings. The summed E-state index contributed by atoms with van der Waals surface area (Å²) in [4.78, 5) is 11.8. The van der Waals surface area contributed by atoms with Crippen molar-refractivity contribution in [3.05, 3.63) is 35.8 Å². The summed E-state index contributed by atoms with van der Waals surface area (Å²) in [6, 6.07) is 3.56. The second-order valence-electron chi connectivity index (χ2n) is 3.57. The molecule has 0 N–H and O–H groups in total. The molecule has 0 fully saturated rings. The second-order valence-corrected chi connectivity index (χ2v) is 3.57. The lowest BCUT2D eigenvalue weighted by Crippen LogP contribution is -2.10. The minimum Gasteiger partial charge on any atom is -0.462 e. The van der Waals surface area contributed by atoms with E-state index in [1.54, 1.807) is 29.9 Å². The van der Waals surface area contributed by atoms with Crippen molar-refractivity contribution in [3.63, 3.8) is 0 Å². The van der Waals surface area contributed by atoms with E-state index in [1.807, 2.05) is 6.92 Å². The van der Waals surface area contributed by atoms with Crippen LogP contribution in [0.15, 0.2) is 24.5 Å². The summed E-state index contributed by atoms with van der Waals surface area (Å²) in [5, 5.41) is 11.9. The number of hydrogen-bond donors (Lipinski definition) is 0. The summed E-state index contributed by atoms with van der Waals surface area (Å²) in [7, 11) is 0. The van der Waals surface area contributed by atoms with Crippen molar-refractivity contribution in [3.8, 4) is 5.82 Å². The first kappa shape index (κ1) is 12.2. The van der Waals surface area contributed by atoms with Crippen LogP contribution in [0.4, 0.5) is 0 Å². The number of hydrogen-bond acceptors (Lipinski definition) is 5. The Kier molecular flexibility index (Phi) is 3.66. The summed E-state index contributed by atoms with van der Waals surface area (Å²) in [5.74, 6) is 0.231. The van der Waals surface area contributed by atoms with E-state index < -0.39 is 0 Å². The van der Waals surface area contributed by atoms with E-state index in [-0.39, 0.29) is 5.97 Å². The Morgan fingerprint density at radius 3 is 2.89 bits per heavy atom. The van der Waals surface area contributed by atoms with Crippen molar-refractivity contribution < 1.29 is 9.53 Å². The third-order valence-electron chi connectivity index (χ3n) is 2.47. The predicted octanol–water partition coefficient (Wildman–Crippen LogP) is 1.40. The molecule has 0 radical (unpaired) electrons. The zero-order valence-electron chi connectivity index (χ0n) is 10.3. The molecule has 0 aliphatic rings. The van der Waals surface area contributed by atoms with Crippen LogP contribution in [0.2, 0.25) is 0 Å². The molecule has 94 valence electrons. The van der Waals surface area contributed by atoms with Crippen LogP contribution in [0.5, 0.6) is 0 Å². The van der Waals surface area contributed by atoms with Gasteiger partial charge in [0.25, 0.3) is 0 Å².